The molecule has 0 amide bonds. The zero-order valence-corrected chi connectivity index (χ0v) is 8.79. The number of aliphatic hydroxyl groups is 1. The van der Waals surface area contributed by atoms with E-state index in [0.717, 1.165) is 19.3 Å². The summed E-state index contributed by atoms with van der Waals surface area (Å²) in [7, 11) is 1.70. The summed E-state index contributed by atoms with van der Waals surface area (Å²) in [6.45, 7) is 1.81. The summed E-state index contributed by atoms with van der Waals surface area (Å²) in [4.78, 5) is 0. The molecule has 0 heterocycles. The molecule has 3 atom stereocenters. The van der Waals surface area contributed by atoms with Crippen molar-refractivity contribution in [3.8, 4) is 6.07 Å². The Balaban J connectivity index is 2.20. The van der Waals surface area contributed by atoms with Crippen molar-refractivity contribution in [2.45, 2.75) is 44.3 Å². The smallest absolute Gasteiger partial charge is 0.0908 e. The first-order valence-electron chi connectivity index (χ1n) is 5.25. The number of rotatable bonds is 2. The Labute approximate surface area is 84.7 Å². The normalized spacial score (nSPS) is 40.9. The maximum atomic E-state index is 10.4. The van der Waals surface area contributed by atoms with Crippen LogP contribution < -0.4 is 0 Å². The van der Waals surface area contributed by atoms with Crippen molar-refractivity contribution in [3.63, 3.8) is 0 Å². The first-order chi connectivity index (χ1) is 6.60. The predicted molar refractivity (Wildman–Crippen MR) is 51.4 cm³/mol. The zero-order valence-electron chi connectivity index (χ0n) is 8.79. The topological polar surface area (TPSA) is 53.2 Å². The molecule has 1 spiro atoms. The number of nitriles is 1. The number of hydrogen-bond donors (Lipinski definition) is 1. The molecule has 0 aliphatic heterocycles. The maximum absolute atomic E-state index is 10.4. The van der Waals surface area contributed by atoms with Crippen LogP contribution >= 0.6 is 0 Å². The second kappa shape index (κ2) is 2.95. The maximum Gasteiger partial charge on any atom is 0.0908 e. The Kier molecular flexibility index (Phi) is 2.09. The van der Waals surface area contributed by atoms with E-state index in [0.29, 0.717) is 6.42 Å². The van der Waals surface area contributed by atoms with Crippen molar-refractivity contribution in [1.29, 1.82) is 5.26 Å². The van der Waals surface area contributed by atoms with E-state index in [9.17, 15) is 5.11 Å². The van der Waals surface area contributed by atoms with Crippen LogP contribution in [-0.4, -0.2) is 23.9 Å². The van der Waals surface area contributed by atoms with Crippen LogP contribution in [-0.2, 0) is 4.74 Å². The lowest BCUT2D eigenvalue weighted by atomic mass is 9.42. The van der Waals surface area contributed by atoms with Crippen molar-refractivity contribution in [1.82, 2.24) is 0 Å². The van der Waals surface area contributed by atoms with Crippen LogP contribution in [0.5, 0.6) is 0 Å². The van der Waals surface area contributed by atoms with Crippen LogP contribution in [0.3, 0.4) is 0 Å². The van der Waals surface area contributed by atoms with E-state index in [1.165, 1.54) is 0 Å². The molecule has 2 aliphatic rings. The van der Waals surface area contributed by atoms with Crippen LogP contribution in [0.1, 0.15) is 32.6 Å². The van der Waals surface area contributed by atoms with Gasteiger partial charge in [0.15, 0.2) is 0 Å². The van der Waals surface area contributed by atoms with Crippen LogP contribution in [0.15, 0.2) is 0 Å². The average Bonchev–Trinajstić information content (AvgIpc) is 2.09. The third-order valence-electron chi connectivity index (χ3n) is 4.42. The fraction of sp³-hybridized carbons (Fsp3) is 0.909. The third kappa shape index (κ3) is 0.884. The summed E-state index contributed by atoms with van der Waals surface area (Å²) in [6, 6.07) is 2.17. The number of hydrogen-bond acceptors (Lipinski definition) is 3. The van der Waals surface area contributed by atoms with Gasteiger partial charge in [0.25, 0.3) is 0 Å². The van der Waals surface area contributed by atoms with E-state index in [-0.39, 0.29) is 17.4 Å². The van der Waals surface area contributed by atoms with E-state index in [4.69, 9.17) is 10.00 Å². The summed E-state index contributed by atoms with van der Waals surface area (Å²) in [5.74, 6) is -0.283. The van der Waals surface area contributed by atoms with Crippen molar-refractivity contribution < 1.29 is 9.84 Å². The van der Waals surface area contributed by atoms with Gasteiger partial charge in [0.2, 0.25) is 0 Å². The van der Waals surface area contributed by atoms with Gasteiger partial charge in [-0.3, -0.25) is 0 Å². The average molecular weight is 195 g/mol. The summed E-state index contributed by atoms with van der Waals surface area (Å²) >= 11 is 0. The van der Waals surface area contributed by atoms with Crippen LogP contribution in [0.25, 0.3) is 0 Å². The molecule has 0 radical (unpaired) electrons. The zero-order chi connectivity index (χ0) is 10.4. The fourth-order valence-corrected chi connectivity index (χ4v) is 3.17. The molecule has 0 bridgehead atoms. The lowest BCUT2D eigenvalue weighted by Gasteiger charge is -2.66. The molecular formula is C11H17NO2. The van der Waals surface area contributed by atoms with Gasteiger partial charge in [0.05, 0.1) is 23.7 Å². The van der Waals surface area contributed by atoms with E-state index in [1.807, 2.05) is 6.92 Å². The van der Waals surface area contributed by atoms with Crippen molar-refractivity contribution in [3.05, 3.63) is 0 Å². The molecular weight excluding hydrogens is 178 g/mol. The molecule has 78 valence electrons. The van der Waals surface area contributed by atoms with Gasteiger partial charge in [-0.2, -0.15) is 5.26 Å². The highest BCUT2D eigenvalue weighted by Crippen LogP contribution is 2.65. The van der Waals surface area contributed by atoms with Crippen molar-refractivity contribution in [2.24, 2.45) is 11.3 Å². The minimum absolute atomic E-state index is 0.100. The first-order valence-corrected chi connectivity index (χ1v) is 5.25. The molecule has 2 fully saturated rings. The van der Waals surface area contributed by atoms with Gasteiger partial charge in [-0.1, -0.05) is 6.42 Å². The molecule has 3 heteroatoms. The van der Waals surface area contributed by atoms with Gasteiger partial charge in [-0.05, 0) is 19.8 Å². The molecule has 2 saturated carbocycles. The Bertz CT molecular complexity index is 280. The Hall–Kier alpha value is -0.590. The summed E-state index contributed by atoms with van der Waals surface area (Å²) < 4.78 is 5.36. The molecule has 0 aromatic carbocycles. The van der Waals surface area contributed by atoms with Gasteiger partial charge >= 0.3 is 0 Å². The molecule has 2 aliphatic carbocycles. The number of ether oxygens (including phenoxy) is 1. The van der Waals surface area contributed by atoms with E-state index in [1.54, 1.807) is 7.11 Å². The van der Waals surface area contributed by atoms with Gasteiger partial charge in [-0.25, -0.2) is 0 Å². The standard InChI is InChI=1S/C11H17NO2/c1-8(7-12)11(13)6-9(14-2)10(11)4-3-5-10/h8-9,13H,3-6H2,1-2H3. The van der Waals surface area contributed by atoms with Gasteiger partial charge in [0, 0.05) is 18.9 Å². The van der Waals surface area contributed by atoms with Crippen molar-refractivity contribution >= 4 is 0 Å². The highest BCUT2D eigenvalue weighted by atomic mass is 16.5. The molecule has 2 rings (SSSR count). The number of methoxy groups -OCH3 is 1. The third-order valence-corrected chi connectivity index (χ3v) is 4.42. The lowest BCUT2D eigenvalue weighted by Crippen LogP contribution is -2.72. The van der Waals surface area contributed by atoms with E-state index in [2.05, 4.69) is 6.07 Å². The SMILES string of the molecule is COC1CC(O)(C(C)C#N)C12CCC2. The highest BCUT2D eigenvalue weighted by molar-refractivity contribution is 5.22. The predicted octanol–water partition coefficient (Wildman–Crippen LogP) is 1.47. The van der Waals surface area contributed by atoms with Crippen molar-refractivity contribution in [2.75, 3.05) is 7.11 Å². The Morgan fingerprint density at radius 1 is 1.57 bits per heavy atom. The van der Waals surface area contributed by atoms with Gasteiger partial charge < -0.3 is 9.84 Å². The van der Waals surface area contributed by atoms with Gasteiger partial charge in [-0.15, -0.1) is 0 Å². The van der Waals surface area contributed by atoms with Crippen LogP contribution in [0.2, 0.25) is 0 Å². The first kappa shape index (κ1) is 9.95. The Morgan fingerprint density at radius 3 is 2.57 bits per heavy atom. The quantitative estimate of drug-likeness (QED) is 0.725. The second-order valence-electron chi connectivity index (χ2n) is 4.71. The molecule has 14 heavy (non-hydrogen) atoms. The van der Waals surface area contributed by atoms with Crippen LogP contribution in [0.4, 0.5) is 0 Å². The highest BCUT2D eigenvalue weighted by Gasteiger charge is 2.69. The molecule has 3 unspecified atom stereocenters. The molecule has 0 aromatic heterocycles. The Morgan fingerprint density at radius 2 is 2.21 bits per heavy atom. The monoisotopic (exact) mass is 195 g/mol. The molecule has 0 saturated heterocycles. The minimum atomic E-state index is -0.791. The molecule has 0 aromatic rings. The minimum Gasteiger partial charge on any atom is -0.388 e. The number of nitrogens with zero attached hydrogens (tertiary/aromatic N) is 1. The largest absolute Gasteiger partial charge is 0.388 e. The van der Waals surface area contributed by atoms with Crippen LogP contribution in [0, 0.1) is 22.7 Å². The summed E-state index contributed by atoms with van der Waals surface area (Å²) in [5, 5.41) is 19.3. The lowest BCUT2D eigenvalue weighted by molar-refractivity contribution is -0.294. The summed E-state index contributed by atoms with van der Waals surface area (Å²) in [5.41, 5.74) is -0.891. The van der Waals surface area contributed by atoms with E-state index < -0.39 is 5.60 Å². The van der Waals surface area contributed by atoms with Gasteiger partial charge in [0.1, 0.15) is 0 Å². The van der Waals surface area contributed by atoms with E-state index >= 15 is 0 Å². The molecule has 1 N–H and O–H groups in total. The summed E-state index contributed by atoms with van der Waals surface area (Å²) in [6.07, 6.45) is 3.96. The second-order valence-corrected chi connectivity index (χ2v) is 4.71. The molecule has 3 nitrogen and oxygen atoms in total. The fourth-order valence-electron chi connectivity index (χ4n) is 3.17.